The fourth-order valence-corrected chi connectivity index (χ4v) is 3.74. The van der Waals surface area contributed by atoms with E-state index in [0.717, 1.165) is 13.1 Å². The average Bonchev–Trinajstić information content (AvgIpc) is 2.81. The van der Waals surface area contributed by atoms with Crippen LogP contribution in [0.4, 0.5) is 0 Å². The third kappa shape index (κ3) is 5.47. The predicted octanol–water partition coefficient (Wildman–Crippen LogP) is 2.30. The van der Waals surface area contributed by atoms with Crippen LogP contribution in [-0.2, 0) is 4.79 Å². The van der Waals surface area contributed by atoms with Gasteiger partial charge in [-0.1, -0.05) is 60.7 Å². The Morgan fingerprint density at radius 3 is 2.10 bits per heavy atom. The molecular formula is C24H28N4O2. The molecule has 0 spiro atoms. The van der Waals surface area contributed by atoms with E-state index >= 15 is 0 Å². The zero-order chi connectivity index (χ0) is 21.2. The molecule has 0 radical (unpaired) electrons. The summed E-state index contributed by atoms with van der Waals surface area (Å²) in [7, 11) is 0. The van der Waals surface area contributed by atoms with Crippen LogP contribution in [0.25, 0.3) is 0 Å². The molecule has 156 valence electrons. The van der Waals surface area contributed by atoms with E-state index < -0.39 is 0 Å². The van der Waals surface area contributed by atoms with Crippen molar-refractivity contribution in [3.05, 3.63) is 83.6 Å². The molecule has 1 fully saturated rings. The zero-order valence-corrected chi connectivity index (χ0v) is 17.1. The van der Waals surface area contributed by atoms with Crippen LogP contribution >= 0.6 is 0 Å². The SMILES string of the molecule is N#C/C(=C/NCCCO)C(=O)N1CCN(C(c2ccccc2)c2ccccc2)CC1. The highest BCUT2D eigenvalue weighted by Crippen LogP contribution is 2.29. The maximum atomic E-state index is 12.7. The van der Waals surface area contributed by atoms with Gasteiger partial charge in [0, 0.05) is 45.5 Å². The van der Waals surface area contributed by atoms with E-state index in [-0.39, 0.29) is 24.1 Å². The molecule has 0 atom stereocenters. The van der Waals surface area contributed by atoms with Gasteiger partial charge in [0.25, 0.3) is 5.91 Å². The van der Waals surface area contributed by atoms with Crippen LogP contribution in [0.15, 0.2) is 72.4 Å². The Morgan fingerprint density at radius 1 is 1.03 bits per heavy atom. The molecule has 3 rings (SSSR count). The van der Waals surface area contributed by atoms with E-state index in [0.29, 0.717) is 26.1 Å². The minimum atomic E-state index is -0.246. The van der Waals surface area contributed by atoms with Crippen molar-refractivity contribution in [1.82, 2.24) is 15.1 Å². The predicted molar refractivity (Wildman–Crippen MR) is 116 cm³/mol. The van der Waals surface area contributed by atoms with Crippen LogP contribution < -0.4 is 5.32 Å². The van der Waals surface area contributed by atoms with Crippen molar-refractivity contribution in [2.24, 2.45) is 0 Å². The number of rotatable bonds is 8. The quantitative estimate of drug-likeness (QED) is 0.401. The molecule has 1 saturated heterocycles. The molecule has 1 heterocycles. The van der Waals surface area contributed by atoms with Crippen LogP contribution in [0.1, 0.15) is 23.6 Å². The molecule has 1 amide bonds. The minimum Gasteiger partial charge on any atom is -0.396 e. The Bertz CT molecular complexity index is 830. The van der Waals surface area contributed by atoms with Crippen molar-refractivity contribution in [2.45, 2.75) is 12.5 Å². The summed E-state index contributed by atoms with van der Waals surface area (Å²) in [4.78, 5) is 16.9. The van der Waals surface area contributed by atoms with Crippen molar-refractivity contribution in [3.8, 4) is 6.07 Å². The number of aliphatic hydroxyl groups is 1. The molecule has 1 aliphatic heterocycles. The Labute approximate surface area is 178 Å². The maximum absolute atomic E-state index is 12.7. The lowest BCUT2D eigenvalue weighted by Crippen LogP contribution is -2.50. The third-order valence-electron chi connectivity index (χ3n) is 5.27. The second-order valence-corrected chi connectivity index (χ2v) is 7.25. The molecule has 6 nitrogen and oxygen atoms in total. The van der Waals surface area contributed by atoms with Gasteiger partial charge < -0.3 is 15.3 Å². The molecule has 0 aliphatic carbocycles. The number of hydrogen-bond donors (Lipinski definition) is 2. The van der Waals surface area contributed by atoms with Gasteiger partial charge in [-0.05, 0) is 17.5 Å². The highest BCUT2D eigenvalue weighted by Gasteiger charge is 2.29. The average molecular weight is 405 g/mol. The van der Waals surface area contributed by atoms with Crippen LogP contribution in [0.2, 0.25) is 0 Å². The molecule has 0 bridgehead atoms. The summed E-state index contributed by atoms with van der Waals surface area (Å²) >= 11 is 0. The Hall–Kier alpha value is -3.14. The summed E-state index contributed by atoms with van der Waals surface area (Å²) in [6, 6.07) is 23.0. The highest BCUT2D eigenvalue weighted by molar-refractivity contribution is 5.97. The van der Waals surface area contributed by atoms with E-state index in [1.165, 1.54) is 17.3 Å². The number of nitrogens with zero attached hydrogens (tertiary/aromatic N) is 3. The van der Waals surface area contributed by atoms with Gasteiger partial charge in [-0.25, -0.2) is 0 Å². The largest absolute Gasteiger partial charge is 0.396 e. The molecular weight excluding hydrogens is 376 g/mol. The lowest BCUT2D eigenvalue weighted by Gasteiger charge is -2.39. The summed E-state index contributed by atoms with van der Waals surface area (Å²) < 4.78 is 0. The van der Waals surface area contributed by atoms with Gasteiger partial charge in [0.2, 0.25) is 0 Å². The minimum absolute atomic E-state index is 0.0721. The monoisotopic (exact) mass is 404 g/mol. The first-order chi connectivity index (χ1) is 14.7. The molecule has 30 heavy (non-hydrogen) atoms. The molecule has 2 aromatic rings. The number of carbonyl (C=O) groups is 1. The van der Waals surface area contributed by atoms with E-state index in [2.05, 4.69) is 58.7 Å². The molecule has 6 heteroatoms. The van der Waals surface area contributed by atoms with Gasteiger partial charge in [-0.2, -0.15) is 5.26 Å². The van der Waals surface area contributed by atoms with E-state index in [9.17, 15) is 10.1 Å². The normalized spacial score (nSPS) is 15.1. The van der Waals surface area contributed by atoms with Gasteiger partial charge in [0.05, 0.1) is 6.04 Å². The van der Waals surface area contributed by atoms with E-state index in [1.54, 1.807) is 4.90 Å². The van der Waals surface area contributed by atoms with Crippen molar-refractivity contribution < 1.29 is 9.90 Å². The fraction of sp³-hybridized carbons (Fsp3) is 0.333. The molecule has 1 aliphatic rings. The number of carbonyl (C=O) groups excluding carboxylic acids is 1. The molecule has 0 unspecified atom stereocenters. The number of aliphatic hydroxyl groups excluding tert-OH is 1. The van der Waals surface area contributed by atoms with Gasteiger partial charge in [-0.15, -0.1) is 0 Å². The Balaban J connectivity index is 1.68. The maximum Gasteiger partial charge on any atom is 0.266 e. The summed E-state index contributed by atoms with van der Waals surface area (Å²) in [6.07, 6.45) is 2.03. The first kappa shape index (κ1) is 21.6. The first-order valence-corrected chi connectivity index (χ1v) is 10.3. The van der Waals surface area contributed by atoms with Gasteiger partial charge in [0.1, 0.15) is 11.6 Å². The van der Waals surface area contributed by atoms with Crippen LogP contribution in [-0.4, -0.2) is 60.1 Å². The fourth-order valence-electron chi connectivity index (χ4n) is 3.74. The van der Waals surface area contributed by atoms with Gasteiger partial charge in [0.15, 0.2) is 0 Å². The van der Waals surface area contributed by atoms with Crippen LogP contribution in [0, 0.1) is 11.3 Å². The zero-order valence-electron chi connectivity index (χ0n) is 17.1. The van der Waals surface area contributed by atoms with Crippen molar-refractivity contribution >= 4 is 5.91 Å². The summed E-state index contributed by atoms with van der Waals surface area (Å²) in [5.74, 6) is -0.246. The number of hydrogen-bond acceptors (Lipinski definition) is 5. The second kappa shape index (κ2) is 11.1. The number of amides is 1. The van der Waals surface area contributed by atoms with Crippen molar-refractivity contribution in [1.29, 1.82) is 5.26 Å². The Morgan fingerprint density at radius 2 is 1.60 bits per heavy atom. The number of nitriles is 1. The topological polar surface area (TPSA) is 79.6 Å². The second-order valence-electron chi connectivity index (χ2n) is 7.25. The van der Waals surface area contributed by atoms with Crippen LogP contribution in [0.5, 0.6) is 0 Å². The summed E-state index contributed by atoms with van der Waals surface area (Å²) in [5.41, 5.74) is 2.56. The van der Waals surface area contributed by atoms with Crippen LogP contribution in [0.3, 0.4) is 0 Å². The first-order valence-electron chi connectivity index (χ1n) is 10.3. The number of nitrogens with one attached hydrogen (secondary N) is 1. The lowest BCUT2D eigenvalue weighted by atomic mass is 9.96. The molecule has 2 N–H and O–H groups in total. The van der Waals surface area contributed by atoms with Crippen molar-refractivity contribution in [3.63, 3.8) is 0 Å². The number of piperazine rings is 1. The summed E-state index contributed by atoms with van der Waals surface area (Å²) in [5, 5.41) is 21.1. The highest BCUT2D eigenvalue weighted by atomic mass is 16.3. The standard InChI is InChI=1S/C24H28N4O2/c25-18-22(19-26-12-7-17-29)24(30)28-15-13-27(14-16-28)23(20-8-3-1-4-9-20)21-10-5-2-6-11-21/h1-6,8-11,19,23,26,29H,7,12-17H2/b22-19-. The summed E-state index contributed by atoms with van der Waals surface area (Å²) in [6.45, 7) is 3.21. The smallest absolute Gasteiger partial charge is 0.266 e. The molecule has 0 saturated carbocycles. The third-order valence-corrected chi connectivity index (χ3v) is 5.27. The van der Waals surface area contributed by atoms with E-state index in [4.69, 9.17) is 5.11 Å². The van der Waals surface area contributed by atoms with Crippen molar-refractivity contribution in [2.75, 3.05) is 39.3 Å². The number of benzene rings is 2. The van der Waals surface area contributed by atoms with Gasteiger partial charge in [-0.3, -0.25) is 9.69 Å². The molecule has 0 aromatic heterocycles. The molecule has 2 aromatic carbocycles. The Kier molecular flexibility index (Phi) is 8.02. The van der Waals surface area contributed by atoms with E-state index in [1.807, 2.05) is 18.2 Å². The lowest BCUT2D eigenvalue weighted by molar-refractivity contribution is -0.128. The van der Waals surface area contributed by atoms with Gasteiger partial charge >= 0.3 is 0 Å².